The summed E-state index contributed by atoms with van der Waals surface area (Å²) in [5, 5.41) is 6.68. The van der Waals surface area contributed by atoms with E-state index in [4.69, 9.17) is 9.72 Å². The lowest BCUT2D eigenvalue weighted by molar-refractivity contribution is -0.0846. The molecule has 4 fully saturated rings. The van der Waals surface area contributed by atoms with Crippen molar-refractivity contribution in [3.8, 4) is 0 Å². The number of ether oxygens (including phenoxy) is 1. The van der Waals surface area contributed by atoms with Crippen molar-refractivity contribution in [2.24, 2.45) is 0 Å². The quantitative estimate of drug-likeness (QED) is 0.730. The number of carbonyl (C=O) groups is 1. The van der Waals surface area contributed by atoms with Crippen molar-refractivity contribution in [1.82, 2.24) is 20.6 Å². The maximum atomic E-state index is 12.5. The first-order chi connectivity index (χ1) is 13.2. The molecule has 6 rings (SSSR count). The Balaban J connectivity index is 0.00000102. The van der Waals surface area contributed by atoms with Gasteiger partial charge in [-0.05, 0) is 44.9 Å². The monoisotopic (exact) mass is 441 g/mol. The van der Waals surface area contributed by atoms with E-state index in [9.17, 15) is 4.79 Å². The smallest absolute Gasteiger partial charge is 0.270 e. The molecular weight excluding hydrogens is 413 g/mol. The largest absolute Gasteiger partial charge is 0.371 e. The van der Waals surface area contributed by atoms with Gasteiger partial charge in [0.1, 0.15) is 17.3 Å². The van der Waals surface area contributed by atoms with Crippen molar-refractivity contribution in [3.63, 3.8) is 0 Å². The number of halogens is 2. The number of rotatable bonds is 2. The summed E-state index contributed by atoms with van der Waals surface area (Å²) in [4.78, 5) is 24.5. The van der Waals surface area contributed by atoms with Crippen LogP contribution in [0.15, 0.2) is 0 Å². The van der Waals surface area contributed by atoms with E-state index in [1.165, 1.54) is 12.8 Å². The molecule has 3 atom stereocenters. The Bertz CT molecular complexity index is 791. The molecule has 9 heteroatoms. The highest BCUT2D eigenvalue weighted by atomic mass is 35.5. The Labute approximate surface area is 183 Å². The maximum absolute atomic E-state index is 12.5. The molecule has 0 aromatic carbocycles. The van der Waals surface area contributed by atoms with Gasteiger partial charge in [0, 0.05) is 43.2 Å². The second-order valence-corrected chi connectivity index (χ2v) is 9.01. The zero-order valence-electron chi connectivity index (χ0n) is 16.5. The van der Waals surface area contributed by atoms with Crippen LogP contribution < -0.4 is 15.5 Å². The van der Waals surface area contributed by atoms with Gasteiger partial charge in [0.25, 0.3) is 5.91 Å². The van der Waals surface area contributed by atoms with Gasteiger partial charge in [0.2, 0.25) is 0 Å². The van der Waals surface area contributed by atoms with Crippen LogP contribution >= 0.6 is 24.8 Å². The molecule has 7 nitrogen and oxygen atoms in total. The Hall–Kier alpha value is -1.15. The van der Waals surface area contributed by atoms with Crippen molar-refractivity contribution in [3.05, 3.63) is 17.1 Å². The molecule has 29 heavy (non-hydrogen) atoms. The molecule has 1 unspecified atom stereocenters. The minimum Gasteiger partial charge on any atom is -0.371 e. The van der Waals surface area contributed by atoms with Gasteiger partial charge in [-0.2, -0.15) is 0 Å². The number of carbonyl (C=O) groups excluding carboxylic acids is 1. The Kier molecular flexibility index (Phi) is 5.70. The number of morpholine rings is 1. The fourth-order valence-corrected chi connectivity index (χ4v) is 5.56. The van der Waals surface area contributed by atoms with E-state index in [0.717, 1.165) is 69.0 Å². The average Bonchev–Trinajstić information content (AvgIpc) is 3.46. The molecule has 2 N–H and O–H groups in total. The van der Waals surface area contributed by atoms with Crippen LogP contribution in [0.1, 0.15) is 66.3 Å². The van der Waals surface area contributed by atoms with E-state index in [0.29, 0.717) is 30.2 Å². The summed E-state index contributed by atoms with van der Waals surface area (Å²) in [6, 6.07) is 1.19. The van der Waals surface area contributed by atoms with Crippen LogP contribution in [0.5, 0.6) is 0 Å². The standard InChI is InChI=1S/C20H27N5O2.2ClH/c26-19-16-15(5-6-21-19)18(24-17(23-16)12-1-2-12)25-7-8-27-20(11-25)9-13-3-4-14(10-20)22-13;;/h12-14,22H,1-11H2,(H,21,26);2*1H/t13-,14+,20?;;. The minimum atomic E-state index is -0.0656. The second kappa shape index (κ2) is 7.84. The van der Waals surface area contributed by atoms with Crippen molar-refractivity contribution < 1.29 is 9.53 Å². The van der Waals surface area contributed by atoms with Gasteiger partial charge < -0.3 is 20.3 Å². The third-order valence-electron chi connectivity index (χ3n) is 6.94. The third kappa shape index (κ3) is 3.71. The van der Waals surface area contributed by atoms with E-state index in [1.807, 2.05) is 0 Å². The number of nitrogens with one attached hydrogen (secondary N) is 2. The predicted octanol–water partition coefficient (Wildman–Crippen LogP) is 1.97. The molecule has 1 saturated carbocycles. The SMILES string of the molecule is Cl.Cl.O=C1NCCc2c1nc(C1CC1)nc2N1CCOC2(C[C@H]3CC[C@@H](C2)N3)C1. The van der Waals surface area contributed by atoms with Gasteiger partial charge in [-0.1, -0.05) is 0 Å². The van der Waals surface area contributed by atoms with Gasteiger partial charge in [0.15, 0.2) is 0 Å². The summed E-state index contributed by atoms with van der Waals surface area (Å²) < 4.78 is 6.39. The van der Waals surface area contributed by atoms with Gasteiger partial charge >= 0.3 is 0 Å². The first-order valence-corrected chi connectivity index (χ1v) is 10.5. The molecule has 4 aliphatic heterocycles. The number of hydrogen-bond acceptors (Lipinski definition) is 6. The van der Waals surface area contributed by atoms with Crippen molar-refractivity contribution in [2.75, 3.05) is 31.1 Å². The molecule has 2 bridgehead atoms. The summed E-state index contributed by atoms with van der Waals surface area (Å²) in [7, 11) is 0. The van der Waals surface area contributed by atoms with E-state index in [-0.39, 0.29) is 36.3 Å². The summed E-state index contributed by atoms with van der Waals surface area (Å²) in [5.41, 5.74) is 1.58. The molecule has 5 heterocycles. The molecule has 1 amide bonds. The normalized spacial score (nSPS) is 32.8. The van der Waals surface area contributed by atoms with Gasteiger partial charge in [-0.25, -0.2) is 9.97 Å². The predicted molar refractivity (Wildman–Crippen MR) is 115 cm³/mol. The summed E-state index contributed by atoms with van der Waals surface area (Å²) in [6.45, 7) is 3.15. The fourth-order valence-electron chi connectivity index (χ4n) is 5.56. The molecular formula is C20H29Cl2N5O2. The lowest BCUT2D eigenvalue weighted by Crippen LogP contribution is -2.59. The molecule has 3 saturated heterocycles. The average molecular weight is 442 g/mol. The van der Waals surface area contributed by atoms with Crippen LogP contribution in [-0.2, 0) is 11.2 Å². The van der Waals surface area contributed by atoms with E-state index >= 15 is 0 Å². The van der Waals surface area contributed by atoms with Crippen LogP contribution in [0, 0.1) is 0 Å². The third-order valence-corrected chi connectivity index (χ3v) is 6.94. The van der Waals surface area contributed by atoms with E-state index in [2.05, 4.69) is 20.5 Å². The molecule has 5 aliphatic rings. The lowest BCUT2D eigenvalue weighted by Gasteiger charge is -2.48. The molecule has 1 spiro atoms. The van der Waals surface area contributed by atoms with Crippen LogP contribution in [0.4, 0.5) is 5.82 Å². The molecule has 0 radical (unpaired) electrons. The zero-order valence-corrected chi connectivity index (χ0v) is 18.1. The highest BCUT2D eigenvalue weighted by molar-refractivity contribution is 5.96. The molecule has 1 aliphatic carbocycles. The van der Waals surface area contributed by atoms with E-state index < -0.39 is 0 Å². The van der Waals surface area contributed by atoms with Gasteiger partial charge in [-0.3, -0.25) is 4.79 Å². The lowest BCUT2D eigenvalue weighted by atomic mass is 9.85. The number of nitrogens with zero attached hydrogens (tertiary/aromatic N) is 3. The van der Waals surface area contributed by atoms with Crippen LogP contribution in [0.2, 0.25) is 0 Å². The second-order valence-electron chi connectivity index (χ2n) is 9.01. The fraction of sp³-hybridized carbons (Fsp3) is 0.750. The van der Waals surface area contributed by atoms with Crippen molar-refractivity contribution >= 4 is 36.5 Å². The maximum Gasteiger partial charge on any atom is 0.270 e. The number of fused-ring (bicyclic) bond motifs is 3. The first-order valence-electron chi connectivity index (χ1n) is 10.5. The van der Waals surface area contributed by atoms with E-state index in [1.54, 1.807) is 0 Å². The number of hydrogen-bond donors (Lipinski definition) is 2. The molecule has 160 valence electrons. The first kappa shape index (κ1) is 21.1. The van der Waals surface area contributed by atoms with Crippen LogP contribution in [0.3, 0.4) is 0 Å². The summed E-state index contributed by atoms with van der Waals surface area (Å²) in [6.07, 6.45) is 7.81. The molecule has 1 aromatic rings. The summed E-state index contributed by atoms with van der Waals surface area (Å²) in [5.74, 6) is 2.27. The topological polar surface area (TPSA) is 79.4 Å². The number of aromatic nitrogens is 2. The highest BCUT2D eigenvalue weighted by Crippen LogP contribution is 2.42. The zero-order chi connectivity index (χ0) is 18.0. The number of piperidine rings is 1. The minimum absolute atomic E-state index is 0. The Morgan fingerprint density at radius 2 is 1.83 bits per heavy atom. The van der Waals surface area contributed by atoms with Crippen molar-refractivity contribution in [2.45, 2.75) is 68.5 Å². The number of amides is 1. The Morgan fingerprint density at radius 3 is 2.55 bits per heavy atom. The molecule has 1 aromatic heterocycles. The summed E-state index contributed by atoms with van der Waals surface area (Å²) >= 11 is 0. The number of anilines is 1. The Morgan fingerprint density at radius 1 is 1.07 bits per heavy atom. The van der Waals surface area contributed by atoms with Gasteiger partial charge in [0.05, 0.1) is 12.2 Å². The van der Waals surface area contributed by atoms with Crippen molar-refractivity contribution in [1.29, 1.82) is 0 Å². The van der Waals surface area contributed by atoms with Crippen LogP contribution in [0.25, 0.3) is 0 Å². The van der Waals surface area contributed by atoms with Gasteiger partial charge in [-0.15, -0.1) is 24.8 Å². The van der Waals surface area contributed by atoms with Crippen LogP contribution in [-0.4, -0.2) is 59.8 Å². The highest BCUT2D eigenvalue weighted by Gasteiger charge is 2.47.